The van der Waals surface area contributed by atoms with E-state index in [2.05, 4.69) is 29.1 Å². The van der Waals surface area contributed by atoms with E-state index in [4.69, 9.17) is 0 Å². The molecule has 0 spiro atoms. The lowest BCUT2D eigenvalue weighted by Crippen LogP contribution is -2.35. The SMILES string of the molecule is CCc1c(C(=O)N2CCCN(Cc3ccc(F)cc3)CC2)cnn1Cc1ccccc1. The smallest absolute Gasteiger partial charge is 0.257 e. The van der Waals surface area contributed by atoms with Crippen molar-refractivity contribution in [1.82, 2.24) is 19.6 Å². The second-order valence-electron chi connectivity index (χ2n) is 8.05. The maximum absolute atomic E-state index is 13.3. The van der Waals surface area contributed by atoms with Gasteiger partial charge in [0.15, 0.2) is 0 Å². The summed E-state index contributed by atoms with van der Waals surface area (Å²) in [5, 5.41) is 4.53. The number of nitrogens with zero attached hydrogens (tertiary/aromatic N) is 4. The number of aromatic nitrogens is 2. The molecule has 1 aromatic heterocycles. The summed E-state index contributed by atoms with van der Waals surface area (Å²) >= 11 is 0. The number of carbonyl (C=O) groups is 1. The normalized spacial score (nSPS) is 15.1. The fraction of sp³-hybridized carbons (Fsp3) is 0.360. The highest BCUT2D eigenvalue weighted by molar-refractivity contribution is 5.95. The lowest BCUT2D eigenvalue weighted by molar-refractivity contribution is 0.0760. The Kier molecular flexibility index (Phi) is 6.77. The molecule has 0 unspecified atom stereocenters. The first-order chi connectivity index (χ1) is 15.1. The highest BCUT2D eigenvalue weighted by Gasteiger charge is 2.24. The van der Waals surface area contributed by atoms with Crippen molar-refractivity contribution in [2.75, 3.05) is 26.2 Å². The summed E-state index contributed by atoms with van der Waals surface area (Å²) in [4.78, 5) is 17.6. The predicted molar refractivity (Wildman–Crippen MR) is 119 cm³/mol. The first kappa shape index (κ1) is 21.2. The standard InChI is InChI=1S/C25H29FN4O/c1-2-24-23(17-27-30(24)19-20-7-4-3-5-8-20)25(31)29-14-6-13-28(15-16-29)18-21-9-11-22(26)12-10-21/h3-5,7-12,17H,2,6,13-16,18-19H2,1H3. The summed E-state index contributed by atoms with van der Waals surface area (Å²) in [6.45, 7) is 6.68. The van der Waals surface area contributed by atoms with Gasteiger partial charge in [0, 0.05) is 32.7 Å². The van der Waals surface area contributed by atoms with Gasteiger partial charge in [-0.1, -0.05) is 49.4 Å². The van der Waals surface area contributed by atoms with Gasteiger partial charge in [-0.3, -0.25) is 14.4 Å². The van der Waals surface area contributed by atoms with Crippen molar-refractivity contribution in [3.05, 3.63) is 89.0 Å². The highest BCUT2D eigenvalue weighted by Crippen LogP contribution is 2.17. The van der Waals surface area contributed by atoms with Crippen LogP contribution >= 0.6 is 0 Å². The van der Waals surface area contributed by atoms with Crippen LogP contribution in [-0.4, -0.2) is 51.7 Å². The molecule has 4 rings (SSSR count). The molecule has 0 aliphatic carbocycles. The molecule has 2 heterocycles. The quantitative estimate of drug-likeness (QED) is 0.606. The van der Waals surface area contributed by atoms with Crippen LogP contribution in [0.1, 0.15) is 40.5 Å². The molecule has 162 valence electrons. The van der Waals surface area contributed by atoms with Crippen LogP contribution in [-0.2, 0) is 19.5 Å². The van der Waals surface area contributed by atoms with Crippen LogP contribution in [0.25, 0.3) is 0 Å². The molecule has 1 aliphatic heterocycles. The highest BCUT2D eigenvalue weighted by atomic mass is 19.1. The van der Waals surface area contributed by atoms with E-state index in [0.29, 0.717) is 18.7 Å². The first-order valence-corrected chi connectivity index (χ1v) is 11.0. The Morgan fingerprint density at radius 1 is 0.935 bits per heavy atom. The van der Waals surface area contributed by atoms with Gasteiger partial charge in [0.2, 0.25) is 0 Å². The average molecular weight is 421 g/mol. The number of amides is 1. The van der Waals surface area contributed by atoms with Crippen molar-refractivity contribution in [2.24, 2.45) is 0 Å². The van der Waals surface area contributed by atoms with Gasteiger partial charge in [-0.15, -0.1) is 0 Å². The number of benzene rings is 2. The largest absolute Gasteiger partial charge is 0.337 e. The number of hydrogen-bond donors (Lipinski definition) is 0. The maximum Gasteiger partial charge on any atom is 0.257 e. The summed E-state index contributed by atoms with van der Waals surface area (Å²) in [5.74, 6) is -0.143. The zero-order valence-electron chi connectivity index (χ0n) is 18.0. The second kappa shape index (κ2) is 9.88. The molecule has 6 heteroatoms. The topological polar surface area (TPSA) is 41.4 Å². The van der Waals surface area contributed by atoms with Crippen molar-refractivity contribution in [1.29, 1.82) is 0 Å². The Hall–Kier alpha value is -2.99. The molecule has 0 saturated carbocycles. The van der Waals surface area contributed by atoms with Crippen LogP contribution in [0, 0.1) is 5.82 Å². The Morgan fingerprint density at radius 3 is 2.42 bits per heavy atom. The van der Waals surface area contributed by atoms with Gasteiger partial charge in [-0.2, -0.15) is 5.10 Å². The van der Waals surface area contributed by atoms with Crippen molar-refractivity contribution in [3.63, 3.8) is 0 Å². The molecule has 1 amide bonds. The summed E-state index contributed by atoms with van der Waals surface area (Å²) in [6, 6.07) is 16.9. The summed E-state index contributed by atoms with van der Waals surface area (Å²) in [6.07, 6.45) is 3.41. The van der Waals surface area contributed by atoms with Gasteiger partial charge in [-0.05, 0) is 36.1 Å². The lowest BCUT2D eigenvalue weighted by Gasteiger charge is -2.22. The second-order valence-corrected chi connectivity index (χ2v) is 8.05. The van der Waals surface area contributed by atoms with Crippen LogP contribution in [0.4, 0.5) is 4.39 Å². The van der Waals surface area contributed by atoms with E-state index < -0.39 is 0 Å². The summed E-state index contributed by atoms with van der Waals surface area (Å²) in [5.41, 5.74) is 3.97. The van der Waals surface area contributed by atoms with E-state index in [0.717, 1.165) is 50.3 Å². The number of carbonyl (C=O) groups excluding carboxylic acids is 1. The van der Waals surface area contributed by atoms with Crippen molar-refractivity contribution < 1.29 is 9.18 Å². The van der Waals surface area contributed by atoms with Gasteiger partial charge in [0.25, 0.3) is 5.91 Å². The Morgan fingerprint density at radius 2 is 1.68 bits per heavy atom. The lowest BCUT2D eigenvalue weighted by atomic mass is 10.1. The van der Waals surface area contributed by atoms with Gasteiger partial charge >= 0.3 is 0 Å². The molecule has 1 saturated heterocycles. The van der Waals surface area contributed by atoms with Crippen molar-refractivity contribution in [2.45, 2.75) is 32.9 Å². The minimum Gasteiger partial charge on any atom is -0.337 e. The molecule has 1 fully saturated rings. The predicted octanol–water partition coefficient (Wildman–Crippen LogP) is 3.98. The molecule has 3 aromatic rings. The Bertz CT molecular complexity index is 1000. The van der Waals surface area contributed by atoms with Crippen LogP contribution in [0.3, 0.4) is 0 Å². The molecule has 5 nitrogen and oxygen atoms in total. The average Bonchev–Trinajstić information content (AvgIpc) is 3.04. The Balaban J connectivity index is 1.41. The molecule has 0 radical (unpaired) electrons. The third-order valence-corrected chi connectivity index (χ3v) is 5.88. The minimum absolute atomic E-state index is 0.0693. The zero-order chi connectivity index (χ0) is 21.6. The van der Waals surface area contributed by atoms with E-state index in [1.54, 1.807) is 6.20 Å². The van der Waals surface area contributed by atoms with E-state index in [-0.39, 0.29) is 11.7 Å². The van der Waals surface area contributed by atoms with Crippen LogP contribution in [0.2, 0.25) is 0 Å². The number of halogens is 1. The summed E-state index contributed by atoms with van der Waals surface area (Å²) in [7, 11) is 0. The van der Waals surface area contributed by atoms with Gasteiger partial charge in [0.1, 0.15) is 5.82 Å². The molecular formula is C25H29FN4O. The van der Waals surface area contributed by atoms with E-state index in [1.807, 2.05) is 39.9 Å². The molecule has 2 aromatic carbocycles. The number of rotatable bonds is 6. The molecule has 0 N–H and O–H groups in total. The molecule has 0 atom stereocenters. The van der Waals surface area contributed by atoms with E-state index in [1.165, 1.54) is 17.7 Å². The molecular weight excluding hydrogens is 391 g/mol. The van der Waals surface area contributed by atoms with Crippen molar-refractivity contribution >= 4 is 5.91 Å². The maximum atomic E-state index is 13.3. The fourth-order valence-electron chi connectivity index (χ4n) is 4.21. The first-order valence-electron chi connectivity index (χ1n) is 11.0. The third-order valence-electron chi connectivity index (χ3n) is 5.88. The van der Waals surface area contributed by atoms with Crippen molar-refractivity contribution in [3.8, 4) is 0 Å². The molecule has 31 heavy (non-hydrogen) atoms. The molecule has 1 aliphatic rings. The minimum atomic E-state index is -0.212. The van der Waals surface area contributed by atoms with Crippen LogP contribution in [0.15, 0.2) is 60.8 Å². The fourth-order valence-corrected chi connectivity index (χ4v) is 4.21. The van der Waals surface area contributed by atoms with Crippen LogP contribution in [0.5, 0.6) is 0 Å². The third kappa shape index (κ3) is 5.20. The van der Waals surface area contributed by atoms with Gasteiger partial charge in [0.05, 0.1) is 24.0 Å². The monoisotopic (exact) mass is 420 g/mol. The van der Waals surface area contributed by atoms with Crippen LogP contribution < -0.4 is 0 Å². The summed E-state index contributed by atoms with van der Waals surface area (Å²) < 4.78 is 15.1. The van der Waals surface area contributed by atoms with Gasteiger partial charge in [-0.25, -0.2) is 4.39 Å². The van der Waals surface area contributed by atoms with E-state index >= 15 is 0 Å². The molecule has 0 bridgehead atoms. The van der Waals surface area contributed by atoms with E-state index in [9.17, 15) is 9.18 Å². The van der Waals surface area contributed by atoms with Gasteiger partial charge < -0.3 is 4.90 Å². The number of hydrogen-bond acceptors (Lipinski definition) is 3. The zero-order valence-corrected chi connectivity index (χ0v) is 18.0. The Labute approximate surface area is 183 Å².